The van der Waals surface area contributed by atoms with E-state index in [1.54, 1.807) is 0 Å². The summed E-state index contributed by atoms with van der Waals surface area (Å²) in [4.78, 5) is 45.5. The number of aromatic nitrogens is 4. The third-order valence-electron chi connectivity index (χ3n) is 13.8. The van der Waals surface area contributed by atoms with Crippen LogP contribution in [0.3, 0.4) is 0 Å². The number of imidazole rings is 2. The fourth-order valence-electron chi connectivity index (χ4n) is 10.7. The molecule has 2 aromatic heterocycles. The summed E-state index contributed by atoms with van der Waals surface area (Å²) < 4.78 is 21.8. The van der Waals surface area contributed by atoms with Gasteiger partial charge < -0.3 is 30.0 Å². The monoisotopic (exact) mass is 841 g/mol. The minimum absolute atomic E-state index is 0.0273. The molecule has 4 N–H and O–H groups in total. The number of nitrogens with zero attached hydrogens (tertiary/aromatic N) is 4. The second-order valence-corrected chi connectivity index (χ2v) is 17.7. The molecule has 1 unspecified atom stereocenters. The molecule has 12 heteroatoms. The lowest BCUT2D eigenvalue weighted by Gasteiger charge is -2.32. The van der Waals surface area contributed by atoms with E-state index in [0.29, 0.717) is 29.7 Å². The topological polar surface area (TPSA) is 139 Å². The van der Waals surface area contributed by atoms with Crippen molar-refractivity contribution >= 4 is 61.5 Å². The largest absolute Gasteiger partial charge is 0.465 e. The molecule has 1 aliphatic carbocycles. The molecule has 8 aromatic rings. The molecule has 2 aliphatic heterocycles. The minimum Gasteiger partial charge on any atom is -0.465 e. The van der Waals surface area contributed by atoms with Crippen molar-refractivity contribution in [2.45, 2.75) is 70.5 Å². The molecule has 3 aliphatic rings. The number of ether oxygens (including phenoxy) is 1. The molecule has 318 valence electrons. The Kier molecular flexibility index (Phi) is 9.36. The number of anilines is 1. The number of benzene rings is 6. The van der Waals surface area contributed by atoms with E-state index in [2.05, 4.69) is 70.4 Å². The van der Waals surface area contributed by atoms with Gasteiger partial charge in [-0.3, -0.25) is 4.90 Å². The molecule has 63 heavy (non-hydrogen) atoms. The number of amides is 2. The first-order valence-electron chi connectivity index (χ1n) is 22.0. The first-order valence-corrected chi connectivity index (χ1v) is 22.0. The molecule has 11 rings (SSSR count). The van der Waals surface area contributed by atoms with Crippen LogP contribution in [0.4, 0.5) is 19.7 Å². The zero-order chi connectivity index (χ0) is 43.1. The Morgan fingerprint density at radius 3 is 2.32 bits per heavy atom. The Labute approximate surface area is 363 Å². The van der Waals surface area contributed by atoms with Gasteiger partial charge in [-0.1, -0.05) is 80.6 Å². The number of rotatable bonds is 8. The Morgan fingerprint density at radius 2 is 1.52 bits per heavy atom. The second kappa shape index (κ2) is 15.1. The normalized spacial score (nSPS) is 17.7. The van der Waals surface area contributed by atoms with Crippen LogP contribution >= 0.6 is 0 Å². The van der Waals surface area contributed by atoms with E-state index in [1.165, 1.54) is 45.5 Å². The second-order valence-electron chi connectivity index (χ2n) is 17.7. The number of methoxy groups -OCH3 is 1. The highest BCUT2D eigenvalue weighted by Gasteiger charge is 2.36. The number of carbonyl (C=O) groups is 2. The van der Waals surface area contributed by atoms with E-state index in [0.717, 1.165) is 88.3 Å². The van der Waals surface area contributed by atoms with Crippen LogP contribution in [0.15, 0.2) is 91.0 Å². The fourth-order valence-corrected chi connectivity index (χ4v) is 10.7. The van der Waals surface area contributed by atoms with Crippen LogP contribution in [0.5, 0.6) is 0 Å². The van der Waals surface area contributed by atoms with Crippen molar-refractivity contribution in [3.63, 3.8) is 0 Å². The first-order chi connectivity index (χ1) is 30.6. The number of hydrogen-bond acceptors (Lipinski definition) is 6. The van der Waals surface area contributed by atoms with Crippen molar-refractivity contribution < 1.29 is 23.8 Å². The SMILES string of the molecule is COC(=O)N[C@@H](Cc1ccc2c(c1N1CCC[C@H]1c1nc3c(ccc4c(F)c(-c5ccc6c(ccc7[nH]c(C8CCCN8C(=O)O)nc76)c5)ccc43)[nH]1)Cc1ccccc1-2)C(C)C. The maximum Gasteiger partial charge on any atom is 0.407 e. The number of likely N-dealkylation sites (tertiary alicyclic amines) is 1. The maximum atomic E-state index is 16.8. The van der Waals surface area contributed by atoms with Crippen LogP contribution in [0.2, 0.25) is 0 Å². The lowest BCUT2D eigenvalue weighted by Crippen LogP contribution is -2.40. The van der Waals surface area contributed by atoms with Crippen LogP contribution in [-0.2, 0) is 17.6 Å². The summed E-state index contributed by atoms with van der Waals surface area (Å²) in [5.41, 5.74) is 12.0. The van der Waals surface area contributed by atoms with Crippen molar-refractivity contribution in [2.75, 3.05) is 25.1 Å². The molecule has 3 atom stereocenters. The Bertz CT molecular complexity index is 3160. The molecule has 4 heterocycles. The zero-order valence-corrected chi connectivity index (χ0v) is 35.5. The zero-order valence-electron chi connectivity index (χ0n) is 35.5. The van der Waals surface area contributed by atoms with Crippen LogP contribution in [0, 0.1) is 11.7 Å². The number of alkyl carbamates (subject to hydrolysis) is 1. The highest BCUT2D eigenvalue weighted by atomic mass is 19.1. The van der Waals surface area contributed by atoms with Crippen LogP contribution in [0.25, 0.3) is 65.9 Å². The Balaban J connectivity index is 0.939. The van der Waals surface area contributed by atoms with Crippen molar-refractivity contribution in [1.82, 2.24) is 30.2 Å². The molecule has 2 fully saturated rings. The van der Waals surface area contributed by atoms with Gasteiger partial charge in [0.15, 0.2) is 0 Å². The summed E-state index contributed by atoms with van der Waals surface area (Å²) in [6, 6.07) is 30.2. The summed E-state index contributed by atoms with van der Waals surface area (Å²) in [6.07, 6.45) is 3.55. The van der Waals surface area contributed by atoms with Gasteiger partial charge in [0.1, 0.15) is 17.5 Å². The molecule has 2 saturated heterocycles. The van der Waals surface area contributed by atoms with Crippen LogP contribution in [0.1, 0.15) is 80.0 Å². The van der Waals surface area contributed by atoms with Gasteiger partial charge in [0, 0.05) is 53.0 Å². The summed E-state index contributed by atoms with van der Waals surface area (Å²) in [6.45, 7) is 5.60. The van der Waals surface area contributed by atoms with Crippen LogP contribution < -0.4 is 10.2 Å². The van der Waals surface area contributed by atoms with E-state index < -0.39 is 12.2 Å². The number of H-pyrrole nitrogens is 2. The highest BCUT2D eigenvalue weighted by Crippen LogP contribution is 2.48. The van der Waals surface area contributed by atoms with Crippen molar-refractivity contribution in [3.8, 4) is 22.3 Å². The molecule has 6 aromatic carbocycles. The average molecular weight is 842 g/mol. The Hall–Kier alpha value is -6.95. The van der Waals surface area contributed by atoms with Gasteiger partial charge in [0.2, 0.25) is 0 Å². The third kappa shape index (κ3) is 6.44. The lowest BCUT2D eigenvalue weighted by molar-refractivity contribution is 0.139. The summed E-state index contributed by atoms with van der Waals surface area (Å²) >= 11 is 0. The number of carbonyl (C=O) groups excluding carboxylic acids is 1. The summed E-state index contributed by atoms with van der Waals surface area (Å²) in [5.74, 6) is 1.39. The predicted octanol–water partition coefficient (Wildman–Crippen LogP) is 11.2. The number of fused-ring (bicyclic) bond motifs is 9. The van der Waals surface area contributed by atoms with Gasteiger partial charge in [-0.25, -0.2) is 23.9 Å². The molecular weight excluding hydrogens is 794 g/mol. The van der Waals surface area contributed by atoms with E-state index >= 15 is 4.39 Å². The molecule has 11 nitrogen and oxygen atoms in total. The smallest absolute Gasteiger partial charge is 0.407 e. The van der Waals surface area contributed by atoms with E-state index in [1.807, 2.05) is 54.6 Å². The first kappa shape index (κ1) is 38.9. The van der Waals surface area contributed by atoms with Gasteiger partial charge in [0.25, 0.3) is 0 Å². The number of carboxylic acid groups (broad SMARTS) is 1. The third-order valence-corrected chi connectivity index (χ3v) is 13.8. The fraction of sp³-hybridized carbons (Fsp3) is 0.294. The molecular formula is C51H48FN7O4. The molecule has 0 spiro atoms. The van der Waals surface area contributed by atoms with Gasteiger partial charge in [-0.15, -0.1) is 0 Å². The van der Waals surface area contributed by atoms with Gasteiger partial charge in [-0.05, 0) is 101 Å². The van der Waals surface area contributed by atoms with Gasteiger partial charge >= 0.3 is 12.2 Å². The molecule has 2 amide bonds. The maximum absolute atomic E-state index is 16.8. The number of halogens is 1. The summed E-state index contributed by atoms with van der Waals surface area (Å²) in [7, 11) is 1.40. The quantitative estimate of drug-likeness (QED) is 0.119. The van der Waals surface area contributed by atoms with Gasteiger partial charge in [-0.2, -0.15) is 0 Å². The lowest BCUT2D eigenvalue weighted by atomic mass is 9.91. The highest BCUT2D eigenvalue weighted by molar-refractivity contribution is 6.08. The predicted molar refractivity (Wildman–Crippen MR) is 245 cm³/mol. The number of aromatic amines is 2. The van der Waals surface area contributed by atoms with Crippen LogP contribution in [-0.4, -0.2) is 68.4 Å². The van der Waals surface area contributed by atoms with E-state index in [9.17, 15) is 14.7 Å². The van der Waals surface area contributed by atoms with Crippen molar-refractivity contribution in [3.05, 3.63) is 125 Å². The number of hydrogen-bond donors (Lipinski definition) is 4. The molecule has 0 saturated carbocycles. The van der Waals surface area contributed by atoms with Gasteiger partial charge in [0.05, 0.1) is 41.3 Å². The van der Waals surface area contributed by atoms with E-state index in [4.69, 9.17) is 14.7 Å². The van der Waals surface area contributed by atoms with E-state index in [-0.39, 0.29) is 29.9 Å². The summed E-state index contributed by atoms with van der Waals surface area (Å²) in [5, 5.41) is 15.9. The van der Waals surface area contributed by atoms with Crippen molar-refractivity contribution in [2.24, 2.45) is 5.92 Å². The average Bonchev–Trinajstić information content (AvgIpc) is 4.14. The molecule has 0 radical (unpaired) electrons. The Morgan fingerprint density at radius 1 is 0.825 bits per heavy atom. The minimum atomic E-state index is -0.936. The standard InChI is InChI=1S/C51H48FN7O4/c1-27(2)41(55-50(60)63-3)26-31-13-16-35-32-9-5-4-8-28(32)25-38(35)47(31)58-22-6-10-42(58)48-54-40-21-19-36-37(46(40)57-48)18-17-33(44(36)52)29-12-15-34-30(24-29)14-20-39-45(34)56-49(53-39)43-11-7-23-59(43)51(61)62/h4-5,8-9,12-21,24,27,41-43H,6-7,10-11,22-23,25-26H2,1-3H3,(H,53,56)(H,54,57)(H,55,60)(H,61,62)/t41-,42-,43?/m0/s1. The van der Waals surface area contributed by atoms with Crippen molar-refractivity contribution in [1.29, 1.82) is 0 Å². The molecule has 0 bridgehead atoms. The number of nitrogens with one attached hydrogen (secondary N) is 3.